The van der Waals surface area contributed by atoms with Gasteiger partial charge in [0, 0.05) is 11.3 Å². The first-order valence-corrected chi connectivity index (χ1v) is 8.17. The van der Waals surface area contributed by atoms with Crippen molar-refractivity contribution in [3.8, 4) is 0 Å². The Morgan fingerprint density at radius 3 is 2.53 bits per heavy atom. The number of aromatic amines is 1. The predicted octanol–water partition coefficient (Wildman–Crippen LogP) is 1.20. The van der Waals surface area contributed by atoms with E-state index in [0.717, 1.165) is 12.8 Å². The van der Waals surface area contributed by atoms with Crippen LogP contribution in [0.25, 0.3) is 0 Å². The van der Waals surface area contributed by atoms with E-state index in [9.17, 15) is 8.42 Å². The summed E-state index contributed by atoms with van der Waals surface area (Å²) in [5.74, 6) is 0. The number of nitrogens with zero attached hydrogens (tertiary/aromatic N) is 1. The first kappa shape index (κ1) is 12.9. The molecule has 1 aliphatic carbocycles. The van der Waals surface area contributed by atoms with Gasteiger partial charge in [0.25, 0.3) is 0 Å². The highest BCUT2D eigenvalue weighted by Gasteiger charge is 2.42. The van der Waals surface area contributed by atoms with Crippen molar-refractivity contribution in [2.75, 3.05) is 12.8 Å². The predicted molar refractivity (Wildman–Crippen MR) is 68.7 cm³/mol. The van der Waals surface area contributed by atoms with E-state index in [4.69, 9.17) is 0 Å². The molecule has 7 heteroatoms. The van der Waals surface area contributed by atoms with Crippen molar-refractivity contribution in [1.29, 1.82) is 0 Å². The summed E-state index contributed by atoms with van der Waals surface area (Å²) >= 11 is 1.73. The Labute approximate surface area is 106 Å². The monoisotopic (exact) mass is 275 g/mol. The van der Waals surface area contributed by atoms with Gasteiger partial charge in [-0.05, 0) is 32.9 Å². The summed E-state index contributed by atoms with van der Waals surface area (Å²) in [7, 11) is -3.44. The number of thioether (sulfide) groups is 1. The van der Waals surface area contributed by atoms with E-state index in [1.54, 1.807) is 25.6 Å². The second kappa shape index (κ2) is 4.29. The van der Waals surface area contributed by atoms with Crippen LogP contribution in [0.15, 0.2) is 4.90 Å². The zero-order valence-electron chi connectivity index (χ0n) is 10.2. The van der Waals surface area contributed by atoms with E-state index in [0.29, 0.717) is 17.9 Å². The largest absolute Gasteiger partial charge is 0.281 e. The van der Waals surface area contributed by atoms with Gasteiger partial charge in [-0.3, -0.25) is 5.10 Å². The van der Waals surface area contributed by atoms with Gasteiger partial charge in [0.05, 0.1) is 11.4 Å². The Morgan fingerprint density at radius 2 is 2.12 bits per heavy atom. The molecule has 1 aliphatic rings. The van der Waals surface area contributed by atoms with Crippen LogP contribution in [-0.2, 0) is 10.0 Å². The first-order chi connectivity index (χ1) is 7.90. The SMILES string of the molecule is CSC1(CNS(=O)(=O)c2c(C)n[nH]c2C)CC1. The molecule has 0 spiro atoms. The maximum absolute atomic E-state index is 12.1. The average molecular weight is 275 g/mol. The van der Waals surface area contributed by atoms with E-state index >= 15 is 0 Å². The van der Waals surface area contributed by atoms with Crippen molar-refractivity contribution < 1.29 is 8.42 Å². The van der Waals surface area contributed by atoms with Gasteiger partial charge in [-0.15, -0.1) is 0 Å². The standard InChI is InChI=1S/C10H17N3O2S2/c1-7-9(8(2)13-12-7)17(14,15)11-6-10(16-3)4-5-10/h11H,4-6H2,1-3H3,(H,12,13). The van der Waals surface area contributed by atoms with E-state index in [1.165, 1.54) is 0 Å². The number of sulfonamides is 1. The summed E-state index contributed by atoms with van der Waals surface area (Å²) < 4.78 is 27.1. The van der Waals surface area contributed by atoms with Crippen molar-refractivity contribution in [3.05, 3.63) is 11.4 Å². The van der Waals surface area contributed by atoms with Gasteiger partial charge < -0.3 is 0 Å². The van der Waals surface area contributed by atoms with Gasteiger partial charge in [0.2, 0.25) is 10.0 Å². The Kier molecular flexibility index (Phi) is 3.26. The number of nitrogens with one attached hydrogen (secondary N) is 2. The maximum atomic E-state index is 12.1. The summed E-state index contributed by atoms with van der Waals surface area (Å²) in [6, 6.07) is 0. The third-order valence-corrected chi connectivity index (χ3v) is 6.24. The quantitative estimate of drug-likeness (QED) is 0.847. The number of hydrogen-bond donors (Lipinski definition) is 2. The van der Waals surface area contributed by atoms with Crippen LogP contribution < -0.4 is 4.72 Å². The molecule has 1 aromatic rings. The lowest BCUT2D eigenvalue weighted by Crippen LogP contribution is -2.32. The summed E-state index contributed by atoms with van der Waals surface area (Å²) in [4.78, 5) is 0.286. The normalized spacial score (nSPS) is 18.3. The van der Waals surface area contributed by atoms with Crippen LogP contribution in [0.1, 0.15) is 24.2 Å². The molecule has 17 heavy (non-hydrogen) atoms. The van der Waals surface area contributed by atoms with Crippen molar-refractivity contribution in [1.82, 2.24) is 14.9 Å². The molecule has 1 heterocycles. The Hall–Kier alpha value is -0.530. The molecular weight excluding hydrogens is 258 g/mol. The molecule has 0 saturated heterocycles. The van der Waals surface area contributed by atoms with Crippen LogP contribution >= 0.6 is 11.8 Å². The molecule has 1 aromatic heterocycles. The minimum Gasteiger partial charge on any atom is -0.281 e. The molecule has 1 saturated carbocycles. The molecule has 0 atom stereocenters. The van der Waals surface area contributed by atoms with Crippen molar-refractivity contribution in [2.45, 2.75) is 36.3 Å². The van der Waals surface area contributed by atoms with Crippen LogP contribution in [-0.4, -0.2) is 36.2 Å². The highest BCUT2D eigenvalue weighted by atomic mass is 32.2. The van der Waals surface area contributed by atoms with Crippen LogP contribution in [0.4, 0.5) is 0 Å². The fourth-order valence-electron chi connectivity index (χ4n) is 1.83. The molecule has 0 aromatic carbocycles. The lowest BCUT2D eigenvalue weighted by atomic mass is 10.4. The number of aryl methyl sites for hydroxylation is 2. The molecule has 0 bridgehead atoms. The third-order valence-electron chi connectivity index (χ3n) is 3.15. The van der Waals surface area contributed by atoms with Gasteiger partial charge in [-0.25, -0.2) is 13.1 Å². The topological polar surface area (TPSA) is 74.8 Å². The summed E-state index contributed by atoms with van der Waals surface area (Å²) in [5.41, 5.74) is 1.10. The number of rotatable bonds is 5. The molecule has 96 valence electrons. The van der Waals surface area contributed by atoms with Crippen LogP contribution in [0.5, 0.6) is 0 Å². The van der Waals surface area contributed by atoms with Gasteiger partial charge in [0.1, 0.15) is 4.90 Å². The molecule has 1 fully saturated rings. The highest BCUT2D eigenvalue weighted by Crippen LogP contribution is 2.46. The summed E-state index contributed by atoms with van der Waals surface area (Å²) in [5, 5.41) is 6.61. The molecule has 5 nitrogen and oxygen atoms in total. The van der Waals surface area contributed by atoms with Crippen molar-refractivity contribution in [2.24, 2.45) is 0 Å². The molecule has 0 amide bonds. The van der Waals surface area contributed by atoms with Crippen LogP contribution in [0.2, 0.25) is 0 Å². The van der Waals surface area contributed by atoms with Gasteiger partial charge in [-0.2, -0.15) is 16.9 Å². The Balaban J connectivity index is 2.15. The molecule has 0 radical (unpaired) electrons. The average Bonchev–Trinajstić information content (AvgIpc) is 2.97. The second-order valence-corrected chi connectivity index (χ2v) is 7.45. The lowest BCUT2D eigenvalue weighted by molar-refractivity contribution is 0.578. The van der Waals surface area contributed by atoms with E-state index in [1.807, 2.05) is 6.26 Å². The van der Waals surface area contributed by atoms with Crippen LogP contribution in [0.3, 0.4) is 0 Å². The number of H-pyrrole nitrogens is 1. The summed E-state index contributed by atoms with van der Waals surface area (Å²) in [6.45, 7) is 3.91. The van der Waals surface area contributed by atoms with Gasteiger partial charge in [0.15, 0.2) is 0 Å². The summed E-state index contributed by atoms with van der Waals surface area (Å²) in [6.07, 6.45) is 4.19. The lowest BCUT2D eigenvalue weighted by Gasteiger charge is -2.13. The molecule has 0 aliphatic heterocycles. The zero-order valence-corrected chi connectivity index (χ0v) is 11.8. The maximum Gasteiger partial charge on any atom is 0.244 e. The fourth-order valence-corrected chi connectivity index (χ4v) is 4.14. The smallest absolute Gasteiger partial charge is 0.244 e. The first-order valence-electron chi connectivity index (χ1n) is 5.47. The Morgan fingerprint density at radius 1 is 1.47 bits per heavy atom. The van der Waals surface area contributed by atoms with E-state index < -0.39 is 10.0 Å². The van der Waals surface area contributed by atoms with Crippen LogP contribution in [0, 0.1) is 13.8 Å². The fraction of sp³-hybridized carbons (Fsp3) is 0.700. The number of aromatic nitrogens is 2. The van der Waals surface area contributed by atoms with Crippen molar-refractivity contribution >= 4 is 21.8 Å². The van der Waals surface area contributed by atoms with E-state index in [2.05, 4.69) is 14.9 Å². The Bertz CT molecular complexity index is 498. The third kappa shape index (κ3) is 2.51. The molecule has 2 rings (SSSR count). The minimum absolute atomic E-state index is 0.124. The molecule has 2 N–H and O–H groups in total. The van der Waals surface area contributed by atoms with E-state index in [-0.39, 0.29) is 9.64 Å². The second-order valence-electron chi connectivity index (χ2n) is 4.47. The number of hydrogen-bond acceptors (Lipinski definition) is 4. The molecular formula is C10H17N3O2S2. The van der Waals surface area contributed by atoms with Gasteiger partial charge in [-0.1, -0.05) is 0 Å². The zero-order chi connectivity index (χ0) is 12.7. The minimum atomic E-state index is -3.44. The molecule has 0 unspecified atom stereocenters. The van der Waals surface area contributed by atoms with Crippen molar-refractivity contribution in [3.63, 3.8) is 0 Å². The highest BCUT2D eigenvalue weighted by molar-refractivity contribution is 8.00. The van der Waals surface area contributed by atoms with Gasteiger partial charge >= 0.3 is 0 Å².